The van der Waals surface area contributed by atoms with E-state index in [9.17, 15) is 4.79 Å². The summed E-state index contributed by atoms with van der Waals surface area (Å²) in [6.07, 6.45) is 0. The number of thiocarbonyl (C=S) groups is 1. The predicted octanol–water partition coefficient (Wildman–Crippen LogP) is 5.40. The third-order valence-corrected chi connectivity index (χ3v) is 4.78. The lowest BCUT2D eigenvalue weighted by Gasteiger charge is -2.13. The quantitative estimate of drug-likeness (QED) is 0.579. The molecule has 2 aromatic carbocycles. The van der Waals surface area contributed by atoms with E-state index in [1.807, 2.05) is 45.0 Å². The summed E-state index contributed by atoms with van der Waals surface area (Å²) in [5.41, 5.74) is 5.48. The highest BCUT2D eigenvalue weighted by atomic mass is 32.1. The average molecular weight is 396 g/mol. The molecule has 0 fully saturated rings. The van der Waals surface area contributed by atoms with Crippen LogP contribution in [0.5, 0.6) is 0 Å². The highest BCUT2D eigenvalue weighted by molar-refractivity contribution is 7.80. The van der Waals surface area contributed by atoms with Crippen LogP contribution >= 0.6 is 12.2 Å². The first-order chi connectivity index (χ1) is 13.2. The fourth-order valence-corrected chi connectivity index (χ4v) is 2.94. The van der Waals surface area contributed by atoms with Gasteiger partial charge in [-0.05, 0) is 60.5 Å². The zero-order valence-electron chi connectivity index (χ0n) is 16.8. The molecule has 3 rings (SSSR count). The zero-order valence-corrected chi connectivity index (χ0v) is 17.6. The van der Waals surface area contributed by atoms with E-state index in [1.54, 1.807) is 0 Å². The van der Waals surface area contributed by atoms with E-state index in [2.05, 4.69) is 41.6 Å². The van der Waals surface area contributed by atoms with Gasteiger partial charge in [-0.1, -0.05) is 39.8 Å². The number of fused-ring (bicyclic) bond motifs is 1. The first-order valence-electron chi connectivity index (χ1n) is 9.38. The standard InChI is InChI=1S/C22H25N3O2S/c1-12(2)15-8-9-19-18(10-15)23-21(27-19)16-7-6-14(5)17(11-16)24-22(28)25-20(26)13(3)4/h6-13H,1-5H3,(H2,24,25,26,28). The van der Waals surface area contributed by atoms with Crippen LogP contribution in [0.15, 0.2) is 40.8 Å². The van der Waals surface area contributed by atoms with Crippen molar-refractivity contribution >= 4 is 40.0 Å². The van der Waals surface area contributed by atoms with Gasteiger partial charge in [0.25, 0.3) is 0 Å². The molecule has 0 bridgehead atoms. The number of aromatic nitrogens is 1. The van der Waals surface area contributed by atoms with E-state index in [-0.39, 0.29) is 16.9 Å². The van der Waals surface area contributed by atoms with Gasteiger partial charge in [0.2, 0.25) is 11.8 Å². The normalized spacial score (nSPS) is 11.2. The van der Waals surface area contributed by atoms with Gasteiger partial charge in [0, 0.05) is 17.2 Å². The number of hydrogen-bond donors (Lipinski definition) is 2. The predicted molar refractivity (Wildman–Crippen MR) is 117 cm³/mol. The number of hydrogen-bond acceptors (Lipinski definition) is 4. The molecule has 0 saturated carbocycles. The molecule has 0 aliphatic heterocycles. The smallest absolute Gasteiger partial charge is 0.228 e. The van der Waals surface area contributed by atoms with Crippen molar-refractivity contribution in [3.63, 3.8) is 0 Å². The molecule has 0 saturated heterocycles. The van der Waals surface area contributed by atoms with E-state index in [0.29, 0.717) is 11.8 Å². The number of amides is 1. The van der Waals surface area contributed by atoms with Gasteiger partial charge in [-0.2, -0.15) is 0 Å². The van der Waals surface area contributed by atoms with E-state index < -0.39 is 0 Å². The highest BCUT2D eigenvalue weighted by Gasteiger charge is 2.13. The summed E-state index contributed by atoms with van der Waals surface area (Å²) in [4.78, 5) is 16.5. The molecule has 28 heavy (non-hydrogen) atoms. The molecule has 146 valence electrons. The molecule has 2 N–H and O–H groups in total. The molecule has 6 heteroatoms. The van der Waals surface area contributed by atoms with Gasteiger partial charge in [0.1, 0.15) is 5.52 Å². The molecule has 1 aromatic heterocycles. The van der Waals surface area contributed by atoms with Gasteiger partial charge in [0.05, 0.1) is 0 Å². The fraction of sp³-hybridized carbons (Fsp3) is 0.318. The molecular formula is C22H25N3O2S. The van der Waals surface area contributed by atoms with Crippen LogP contribution in [0.1, 0.15) is 44.7 Å². The van der Waals surface area contributed by atoms with Crippen LogP contribution in [0, 0.1) is 12.8 Å². The lowest BCUT2D eigenvalue weighted by atomic mass is 10.0. The second kappa shape index (κ2) is 8.10. The summed E-state index contributed by atoms with van der Waals surface area (Å²) in [6, 6.07) is 12.0. The summed E-state index contributed by atoms with van der Waals surface area (Å²) in [5.74, 6) is 0.728. The molecule has 5 nitrogen and oxygen atoms in total. The third-order valence-electron chi connectivity index (χ3n) is 4.57. The van der Waals surface area contributed by atoms with E-state index in [0.717, 1.165) is 27.9 Å². The van der Waals surface area contributed by atoms with Crippen LogP contribution in [0.4, 0.5) is 5.69 Å². The number of carbonyl (C=O) groups is 1. The number of benzene rings is 2. The summed E-state index contributed by atoms with van der Waals surface area (Å²) >= 11 is 5.26. The average Bonchev–Trinajstić information content (AvgIpc) is 3.06. The molecule has 0 unspecified atom stereocenters. The van der Waals surface area contributed by atoms with E-state index >= 15 is 0 Å². The number of nitrogens with zero attached hydrogens (tertiary/aromatic N) is 1. The van der Waals surface area contributed by atoms with E-state index in [4.69, 9.17) is 16.6 Å². The molecule has 3 aromatic rings. The Kier molecular flexibility index (Phi) is 5.79. The maximum atomic E-state index is 11.8. The molecule has 1 amide bonds. The van der Waals surface area contributed by atoms with Crippen molar-refractivity contribution in [2.75, 3.05) is 5.32 Å². The Bertz CT molecular complexity index is 1040. The topological polar surface area (TPSA) is 67.2 Å². The number of carbonyl (C=O) groups excluding carboxylic acids is 1. The molecular weight excluding hydrogens is 370 g/mol. The van der Waals surface area contributed by atoms with Crippen LogP contribution in [0.25, 0.3) is 22.6 Å². The first kappa shape index (κ1) is 20.0. The molecule has 0 aliphatic rings. The molecule has 0 atom stereocenters. The van der Waals surface area contributed by atoms with Gasteiger partial charge in [-0.25, -0.2) is 4.98 Å². The lowest BCUT2D eigenvalue weighted by Crippen LogP contribution is -2.36. The molecule has 0 aliphatic carbocycles. The third kappa shape index (κ3) is 4.39. The van der Waals surface area contributed by atoms with Crippen molar-refractivity contribution in [1.82, 2.24) is 10.3 Å². The van der Waals surface area contributed by atoms with Crippen molar-refractivity contribution in [3.8, 4) is 11.5 Å². The maximum absolute atomic E-state index is 11.8. The van der Waals surface area contributed by atoms with Gasteiger partial charge >= 0.3 is 0 Å². The zero-order chi connectivity index (χ0) is 20.4. The Morgan fingerprint density at radius 3 is 2.54 bits per heavy atom. The number of nitrogens with one attached hydrogen (secondary N) is 2. The van der Waals surface area contributed by atoms with Gasteiger partial charge < -0.3 is 15.1 Å². The van der Waals surface area contributed by atoms with E-state index in [1.165, 1.54) is 5.56 Å². The van der Waals surface area contributed by atoms with Crippen molar-refractivity contribution in [3.05, 3.63) is 47.5 Å². The van der Waals surface area contributed by atoms with Crippen LogP contribution in [-0.2, 0) is 4.79 Å². The lowest BCUT2D eigenvalue weighted by molar-refractivity contribution is -0.122. The maximum Gasteiger partial charge on any atom is 0.228 e. The Morgan fingerprint density at radius 2 is 1.86 bits per heavy atom. The highest BCUT2D eigenvalue weighted by Crippen LogP contribution is 2.29. The Morgan fingerprint density at radius 1 is 1.11 bits per heavy atom. The number of oxazole rings is 1. The van der Waals surface area contributed by atoms with Crippen molar-refractivity contribution in [1.29, 1.82) is 0 Å². The van der Waals surface area contributed by atoms with Crippen molar-refractivity contribution in [2.45, 2.75) is 40.5 Å². The van der Waals surface area contributed by atoms with Gasteiger partial charge in [-0.3, -0.25) is 4.79 Å². The largest absolute Gasteiger partial charge is 0.436 e. The van der Waals surface area contributed by atoms with Crippen LogP contribution in [0.2, 0.25) is 0 Å². The minimum absolute atomic E-state index is 0.119. The van der Waals surface area contributed by atoms with Crippen LogP contribution < -0.4 is 10.6 Å². The second-order valence-corrected chi connectivity index (χ2v) is 7.94. The monoisotopic (exact) mass is 395 g/mol. The molecule has 0 spiro atoms. The molecule has 0 radical (unpaired) electrons. The SMILES string of the molecule is Cc1ccc(-c2nc3cc(C(C)C)ccc3o2)cc1NC(=S)NC(=O)C(C)C. The Hall–Kier alpha value is -2.73. The van der Waals surface area contributed by atoms with Crippen molar-refractivity contribution in [2.24, 2.45) is 5.92 Å². The van der Waals surface area contributed by atoms with Crippen molar-refractivity contribution < 1.29 is 9.21 Å². The second-order valence-electron chi connectivity index (χ2n) is 7.53. The number of rotatable bonds is 4. The summed E-state index contributed by atoms with van der Waals surface area (Å²) in [7, 11) is 0. The van der Waals surface area contributed by atoms with Crippen LogP contribution in [-0.4, -0.2) is 16.0 Å². The minimum Gasteiger partial charge on any atom is -0.436 e. The fourth-order valence-electron chi connectivity index (χ4n) is 2.73. The number of aryl methyl sites for hydroxylation is 1. The first-order valence-corrected chi connectivity index (χ1v) is 9.78. The number of anilines is 1. The van der Waals surface area contributed by atoms with Gasteiger partial charge in [-0.15, -0.1) is 0 Å². The summed E-state index contributed by atoms with van der Waals surface area (Å²) < 4.78 is 5.94. The Labute approximate surface area is 170 Å². The molecule has 1 heterocycles. The minimum atomic E-state index is -0.136. The Balaban J connectivity index is 1.87. The summed E-state index contributed by atoms with van der Waals surface area (Å²) in [6.45, 7) is 9.92. The summed E-state index contributed by atoms with van der Waals surface area (Å²) in [5, 5.41) is 6.06. The van der Waals surface area contributed by atoms with Crippen LogP contribution in [0.3, 0.4) is 0 Å². The van der Waals surface area contributed by atoms with Gasteiger partial charge in [0.15, 0.2) is 10.7 Å².